The molecule has 0 radical (unpaired) electrons. The molecule has 0 fully saturated rings. The van der Waals surface area contributed by atoms with Gasteiger partial charge in [0.05, 0.1) is 13.2 Å². The van der Waals surface area contributed by atoms with Crippen LogP contribution in [-0.4, -0.2) is 28.4 Å². The van der Waals surface area contributed by atoms with Crippen molar-refractivity contribution in [3.05, 3.63) is 29.3 Å². The molecule has 0 saturated carbocycles. The Balaban J connectivity index is 2.39. The van der Waals surface area contributed by atoms with Crippen molar-refractivity contribution in [2.24, 2.45) is 0 Å². The second-order valence-corrected chi connectivity index (χ2v) is 11.6. The predicted octanol–water partition coefficient (Wildman–Crippen LogP) is 3.60. The smallest absolute Gasteiger partial charge is 0.129 e. The molecule has 0 saturated heterocycles. The summed E-state index contributed by atoms with van der Waals surface area (Å²) < 4.78 is 11.2. The minimum atomic E-state index is -1.34. The van der Waals surface area contributed by atoms with E-state index in [4.69, 9.17) is 9.47 Å². The zero-order chi connectivity index (χ0) is 14.8. The van der Waals surface area contributed by atoms with E-state index in [1.54, 1.807) is 7.11 Å². The lowest BCUT2D eigenvalue weighted by molar-refractivity contribution is 0.106. The fourth-order valence-electron chi connectivity index (χ4n) is 2.45. The molecule has 1 aromatic rings. The highest BCUT2D eigenvalue weighted by Gasteiger charge is 2.33. The van der Waals surface area contributed by atoms with E-state index in [1.807, 2.05) is 0 Å². The largest absolute Gasteiger partial charge is 0.493 e. The van der Waals surface area contributed by atoms with Gasteiger partial charge in [-0.25, -0.2) is 0 Å². The maximum absolute atomic E-state index is 5.77. The van der Waals surface area contributed by atoms with E-state index < -0.39 is 8.07 Å². The summed E-state index contributed by atoms with van der Waals surface area (Å²) in [6, 6.07) is 6.29. The van der Waals surface area contributed by atoms with Crippen LogP contribution in [0.4, 0.5) is 0 Å². The zero-order valence-corrected chi connectivity index (χ0v) is 14.2. The zero-order valence-electron chi connectivity index (χ0n) is 13.2. The minimum Gasteiger partial charge on any atom is -0.493 e. The first-order valence-corrected chi connectivity index (χ1v) is 10.6. The van der Waals surface area contributed by atoms with Crippen LogP contribution in [0.15, 0.2) is 18.2 Å². The molecule has 0 bridgehead atoms. The van der Waals surface area contributed by atoms with E-state index in [2.05, 4.69) is 56.2 Å². The molecule has 2 nitrogen and oxygen atoms in total. The molecule has 0 amide bonds. The highest BCUT2D eigenvalue weighted by atomic mass is 28.3. The summed E-state index contributed by atoms with van der Waals surface area (Å²) in [5.74, 6) is 4.31. The van der Waals surface area contributed by atoms with E-state index in [0.717, 1.165) is 24.3 Å². The molecular formula is C17H24O2Si. The molecule has 3 heteroatoms. The highest BCUT2D eigenvalue weighted by Crippen LogP contribution is 2.39. The van der Waals surface area contributed by atoms with Crippen LogP contribution in [0, 0.1) is 11.5 Å². The quantitative estimate of drug-likeness (QED) is 0.611. The Morgan fingerprint density at radius 2 is 2.10 bits per heavy atom. The van der Waals surface area contributed by atoms with Gasteiger partial charge < -0.3 is 9.47 Å². The molecule has 20 heavy (non-hydrogen) atoms. The first kappa shape index (κ1) is 15.2. The molecule has 2 rings (SSSR count). The highest BCUT2D eigenvalue weighted by molar-refractivity contribution is 6.83. The number of rotatable bonds is 2. The van der Waals surface area contributed by atoms with Gasteiger partial charge in [-0.3, -0.25) is 0 Å². The molecular weight excluding hydrogens is 264 g/mol. The Morgan fingerprint density at radius 3 is 2.75 bits per heavy atom. The molecule has 1 aliphatic heterocycles. The summed E-state index contributed by atoms with van der Waals surface area (Å²) in [7, 11) is 0.416. The molecule has 108 valence electrons. The van der Waals surface area contributed by atoms with Crippen LogP contribution in [0.1, 0.15) is 24.5 Å². The second-order valence-electron chi connectivity index (χ2n) is 6.80. The van der Waals surface area contributed by atoms with Crippen LogP contribution in [-0.2, 0) is 10.2 Å². The van der Waals surface area contributed by atoms with Gasteiger partial charge in [-0.15, -0.1) is 5.54 Å². The molecule has 0 aliphatic carbocycles. The fourth-order valence-corrected chi connectivity index (χ4v) is 2.97. The van der Waals surface area contributed by atoms with Crippen molar-refractivity contribution in [1.29, 1.82) is 0 Å². The lowest BCUT2D eigenvalue weighted by Crippen LogP contribution is -2.34. The number of hydrogen-bond donors (Lipinski definition) is 0. The Morgan fingerprint density at radius 1 is 1.35 bits per heavy atom. The van der Waals surface area contributed by atoms with E-state index in [-0.39, 0.29) is 5.41 Å². The first-order chi connectivity index (χ1) is 9.34. The van der Waals surface area contributed by atoms with Gasteiger partial charge in [-0.2, -0.15) is 0 Å². The van der Waals surface area contributed by atoms with Crippen molar-refractivity contribution in [1.82, 2.24) is 0 Å². The SMILES string of the molecule is COCC1(C)CCOc2ccc(C#C[Si](C)(C)C)cc21. The standard InChI is InChI=1S/C17H24O2Si/c1-17(13-18-2)9-10-19-16-7-6-14(12-15(16)17)8-11-20(3,4)5/h6-7,12H,9-10,13H2,1-5H3. The van der Waals surface area contributed by atoms with Crippen molar-refractivity contribution in [2.45, 2.75) is 38.4 Å². The van der Waals surface area contributed by atoms with Gasteiger partial charge in [0.25, 0.3) is 0 Å². The first-order valence-electron chi connectivity index (χ1n) is 7.13. The third kappa shape index (κ3) is 3.44. The van der Waals surface area contributed by atoms with E-state index in [9.17, 15) is 0 Å². The maximum Gasteiger partial charge on any atom is 0.129 e. The lowest BCUT2D eigenvalue weighted by atomic mass is 9.78. The van der Waals surface area contributed by atoms with Crippen molar-refractivity contribution in [2.75, 3.05) is 20.3 Å². The second kappa shape index (κ2) is 5.63. The molecule has 1 unspecified atom stereocenters. The molecule has 0 spiro atoms. The number of methoxy groups -OCH3 is 1. The van der Waals surface area contributed by atoms with Crippen molar-refractivity contribution >= 4 is 8.07 Å². The van der Waals surface area contributed by atoms with Crippen LogP contribution in [0.3, 0.4) is 0 Å². The van der Waals surface area contributed by atoms with E-state index in [1.165, 1.54) is 5.56 Å². The summed E-state index contributed by atoms with van der Waals surface area (Å²) in [5.41, 5.74) is 5.76. The van der Waals surface area contributed by atoms with Crippen molar-refractivity contribution in [3.63, 3.8) is 0 Å². The Bertz CT molecular complexity index is 548. The van der Waals surface area contributed by atoms with Gasteiger partial charge in [0.1, 0.15) is 13.8 Å². The van der Waals surface area contributed by atoms with Crippen molar-refractivity contribution < 1.29 is 9.47 Å². The summed E-state index contributed by atoms with van der Waals surface area (Å²) in [4.78, 5) is 0. The Hall–Kier alpha value is -1.24. The third-order valence-electron chi connectivity index (χ3n) is 3.59. The van der Waals surface area contributed by atoms with Gasteiger partial charge in [-0.05, 0) is 24.6 Å². The summed E-state index contributed by atoms with van der Waals surface area (Å²) in [6.45, 7) is 10.5. The molecule has 0 N–H and O–H groups in total. The van der Waals surface area contributed by atoms with Crippen molar-refractivity contribution in [3.8, 4) is 17.2 Å². The monoisotopic (exact) mass is 288 g/mol. The third-order valence-corrected chi connectivity index (χ3v) is 4.46. The summed E-state index contributed by atoms with van der Waals surface area (Å²) >= 11 is 0. The molecule has 1 aliphatic rings. The van der Waals surface area contributed by atoms with Gasteiger partial charge >= 0.3 is 0 Å². The van der Waals surface area contributed by atoms with Gasteiger partial charge in [0, 0.05) is 23.7 Å². The van der Waals surface area contributed by atoms with Gasteiger partial charge in [0.15, 0.2) is 0 Å². The number of benzene rings is 1. The molecule has 1 atom stereocenters. The molecule has 1 heterocycles. The van der Waals surface area contributed by atoms with E-state index >= 15 is 0 Å². The Kier molecular flexibility index (Phi) is 4.27. The molecule has 1 aromatic carbocycles. The average Bonchev–Trinajstić information content (AvgIpc) is 2.36. The topological polar surface area (TPSA) is 18.5 Å². The van der Waals surface area contributed by atoms with Crippen LogP contribution in [0.2, 0.25) is 19.6 Å². The Labute approximate surface area is 123 Å². The van der Waals surface area contributed by atoms with Gasteiger partial charge in [0.2, 0.25) is 0 Å². The van der Waals surface area contributed by atoms with Crippen LogP contribution >= 0.6 is 0 Å². The minimum absolute atomic E-state index is 0.0270. The number of hydrogen-bond acceptors (Lipinski definition) is 2. The number of ether oxygens (including phenoxy) is 2. The van der Waals surface area contributed by atoms with Gasteiger partial charge in [-0.1, -0.05) is 32.5 Å². The van der Waals surface area contributed by atoms with Crippen LogP contribution in [0.25, 0.3) is 0 Å². The van der Waals surface area contributed by atoms with Crippen LogP contribution < -0.4 is 4.74 Å². The summed E-state index contributed by atoms with van der Waals surface area (Å²) in [5, 5.41) is 0. The van der Waals surface area contributed by atoms with E-state index in [0.29, 0.717) is 6.61 Å². The fraction of sp³-hybridized carbons (Fsp3) is 0.529. The lowest BCUT2D eigenvalue weighted by Gasteiger charge is -2.35. The maximum atomic E-state index is 5.77. The average molecular weight is 288 g/mol. The van der Waals surface area contributed by atoms with Crippen LogP contribution in [0.5, 0.6) is 5.75 Å². The molecule has 0 aromatic heterocycles. The summed E-state index contributed by atoms with van der Waals surface area (Å²) in [6.07, 6.45) is 0.985. The predicted molar refractivity (Wildman–Crippen MR) is 86.0 cm³/mol. The normalized spacial score (nSPS) is 21.4. The number of fused-ring (bicyclic) bond motifs is 1.